The Kier molecular flexibility index (Phi) is 3.57. The predicted molar refractivity (Wildman–Crippen MR) is 151 cm³/mol. The summed E-state index contributed by atoms with van der Waals surface area (Å²) in [5, 5.41) is 5.01. The standard InChI is InChI=1S/C35H21N3O2/c1-2-10-24-22(9-1)19-27(26-12-4-3-11-25(24)26)23-20-37-28-13-7-14-29-33(28)35(38(37)21-23)34-30(39-29)15-8-16-31(34)40-32-17-5-6-18-36(32)35/h1-21H/q+2. The molecule has 5 aromatic carbocycles. The first-order valence-electron chi connectivity index (χ1n) is 13.5. The fraction of sp³-hybridized carbons (Fsp3) is 0.0286. The molecular weight excluding hydrogens is 494 g/mol. The molecule has 5 nitrogen and oxygen atoms in total. The number of aromatic nitrogens is 3. The first-order valence-corrected chi connectivity index (χ1v) is 13.5. The van der Waals surface area contributed by atoms with Crippen LogP contribution in [0.5, 0.6) is 23.1 Å². The highest BCUT2D eigenvalue weighted by atomic mass is 16.5. The third-order valence-electron chi connectivity index (χ3n) is 8.71. The minimum Gasteiger partial charge on any atom is -0.455 e. The first-order chi connectivity index (χ1) is 19.8. The van der Waals surface area contributed by atoms with Gasteiger partial charge in [0.15, 0.2) is 23.1 Å². The highest BCUT2D eigenvalue weighted by Crippen LogP contribution is 2.55. The molecule has 1 spiro atoms. The normalized spacial score (nSPS) is 17.0. The van der Waals surface area contributed by atoms with Crippen molar-refractivity contribution in [2.24, 2.45) is 0 Å². The molecule has 0 saturated heterocycles. The Hall–Kier alpha value is -5.42. The molecule has 1 atom stereocenters. The van der Waals surface area contributed by atoms with E-state index in [9.17, 15) is 0 Å². The second-order valence-corrected chi connectivity index (χ2v) is 10.7. The van der Waals surface area contributed by atoms with E-state index in [2.05, 4.69) is 111 Å². The molecule has 0 aliphatic carbocycles. The zero-order valence-corrected chi connectivity index (χ0v) is 21.3. The molecule has 0 radical (unpaired) electrons. The summed E-state index contributed by atoms with van der Waals surface area (Å²) in [6, 6.07) is 38.2. The lowest BCUT2D eigenvalue weighted by Gasteiger charge is -2.31. The third kappa shape index (κ3) is 2.27. The Morgan fingerprint density at radius 1 is 0.625 bits per heavy atom. The first kappa shape index (κ1) is 20.5. The topological polar surface area (TPSA) is 31.1 Å². The highest BCUT2D eigenvalue weighted by molar-refractivity contribution is 6.13. The lowest BCUT2D eigenvalue weighted by Crippen LogP contribution is -2.75. The highest BCUT2D eigenvalue weighted by Gasteiger charge is 2.71. The minimum absolute atomic E-state index is 0.699. The molecular formula is C35H21N3O2+2. The maximum absolute atomic E-state index is 6.53. The van der Waals surface area contributed by atoms with Crippen LogP contribution in [0, 0.1) is 0 Å². The van der Waals surface area contributed by atoms with Crippen molar-refractivity contribution in [2.45, 2.75) is 5.66 Å². The fourth-order valence-corrected chi connectivity index (χ4v) is 7.17. The molecule has 40 heavy (non-hydrogen) atoms. The number of benzene rings is 5. The third-order valence-corrected chi connectivity index (χ3v) is 8.71. The van der Waals surface area contributed by atoms with Gasteiger partial charge in [0.05, 0.1) is 17.8 Å². The van der Waals surface area contributed by atoms with Crippen molar-refractivity contribution in [3.8, 4) is 39.9 Å². The van der Waals surface area contributed by atoms with Gasteiger partial charge in [-0.2, -0.15) is 0 Å². The van der Waals surface area contributed by atoms with Crippen molar-refractivity contribution in [3.63, 3.8) is 0 Å². The smallest absolute Gasteiger partial charge is 0.452 e. The number of pyridine rings is 1. The van der Waals surface area contributed by atoms with Gasteiger partial charge in [-0.3, -0.25) is 0 Å². The largest absolute Gasteiger partial charge is 0.455 e. The van der Waals surface area contributed by atoms with E-state index in [4.69, 9.17) is 9.47 Å². The second kappa shape index (κ2) is 6.96. The average molecular weight is 516 g/mol. The van der Waals surface area contributed by atoms with Crippen LogP contribution in [0.3, 0.4) is 0 Å². The molecule has 0 bridgehead atoms. The molecule has 0 fully saturated rings. The van der Waals surface area contributed by atoms with Crippen molar-refractivity contribution in [3.05, 3.63) is 139 Å². The SMILES string of the molecule is c1cc2c3c(c1)Oc1cccc[n+]1C31c3c(cccc3-n3cc(-c4cc5ccccc5c5ccccc45)c[n+]31)O2. The van der Waals surface area contributed by atoms with Crippen LogP contribution in [0.25, 0.3) is 38.4 Å². The number of ether oxygens (including phenoxy) is 2. The van der Waals surface area contributed by atoms with Crippen LogP contribution in [0.2, 0.25) is 0 Å². The van der Waals surface area contributed by atoms with Gasteiger partial charge in [-0.25, -0.2) is 0 Å². The summed E-state index contributed by atoms with van der Waals surface area (Å²) in [5.41, 5.74) is 4.89. The number of nitrogens with zero attached hydrogens (tertiary/aromatic N) is 3. The van der Waals surface area contributed by atoms with E-state index >= 15 is 0 Å². The van der Waals surface area contributed by atoms with Crippen molar-refractivity contribution < 1.29 is 18.7 Å². The summed E-state index contributed by atoms with van der Waals surface area (Å²) < 4.78 is 19.9. The number of hydrogen-bond donors (Lipinski definition) is 0. The number of fused-ring (bicyclic) bond motifs is 6. The van der Waals surface area contributed by atoms with Crippen molar-refractivity contribution in [1.29, 1.82) is 0 Å². The zero-order chi connectivity index (χ0) is 26.0. The second-order valence-electron chi connectivity index (χ2n) is 10.7. The molecule has 3 aliphatic rings. The van der Waals surface area contributed by atoms with Gasteiger partial charge in [-0.15, -0.1) is 4.68 Å². The van der Waals surface area contributed by atoms with Gasteiger partial charge in [0, 0.05) is 6.07 Å². The summed E-state index contributed by atoms with van der Waals surface area (Å²) in [6.07, 6.45) is 6.67. The van der Waals surface area contributed by atoms with Crippen LogP contribution in [0.15, 0.2) is 128 Å². The summed E-state index contributed by atoms with van der Waals surface area (Å²) in [6.45, 7) is 0. The minimum atomic E-state index is -0.699. The lowest BCUT2D eigenvalue weighted by atomic mass is 9.85. The molecule has 3 aliphatic heterocycles. The van der Waals surface area contributed by atoms with Crippen LogP contribution >= 0.6 is 0 Å². The van der Waals surface area contributed by atoms with E-state index in [0.717, 1.165) is 45.5 Å². The average Bonchev–Trinajstić information content (AvgIpc) is 3.56. The molecule has 7 aromatic rings. The van der Waals surface area contributed by atoms with Gasteiger partial charge >= 0.3 is 11.5 Å². The molecule has 5 heteroatoms. The Labute approximate surface area is 229 Å². The van der Waals surface area contributed by atoms with E-state index < -0.39 is 5.66 Å². The molecule has 0 N–H and O–H groups in total. The quantitative estimate of drug-likeness (QED) is 0.177. The maximum atomic E-state index is 6.53. The molecule has 0 amide bonds. The van der Waals surface area contributed by atoms with Crippen LogP contribution in [0.4, 0.5) is 0 Å². The summed E-state index contributed by atoms with van der Waals surface area (Å²) in [7, 11) is 0. The van der Waals surface area contributed by atoms with Crippen molar-refractivity contribution in [2.75, 3.05) is 0 Å². The number of rotatable bonds is 1. The summed E-state index contributed by atoms with van der Waals surface area (Å²) in [5.74, 6) is 3.27. The maximum Gasteiger partial charge on any atom is 0.452 e. The van der Waals surface area contributed by atoms with Gasteiger partial charge in [-0.05, 0) is 68.2 Å². The van der Waals surface area contributed by atoms with Crippen LogP contribution in [-0.2, 0) is 5.66 Å². The van der Waals surface area contributed by atoms with E-state index in [-0.39, 0.29) is 0 Å². The zero-order valence-electron chi connectivity index (χ0n) is 21.3. The van der Waals surface area contributed by atoms with Crippen LogP contribution in [-0.4, -0.2) is 4.68 Å². The Bertz CT molecular complexity index is 2230. The van der Waals surface area contributed by atoms with Crippen LogP contribution < -0.4 is 18.7 Å². The Balaban J connectivity index is 1.35. The fourth-order valence-electron chi connectivity index (χ4n) is 7.17. The molecule has 186 valence electrons. The molecule has 5 heterocycles. The lowest BCUT2D eigenvalue weighted by molar-refractivity contribution is -0.997. The van der Waals surface area contributed by atoms with Gasteiger partial charge in [0.2, 0.25) is 6.20 Å². The predicted octanol–water partition coefficient (Wildman–Crippen LogP) is 6.85. The van der Waals surface area contributed by atoms with Crippen molar-refractivity contribution in [1.82, 2.24) is 4.68 Å². The van der Waals surface area contributed by atoms with Crippen molar-refractivity contribution >= 4 is 21.5 Å². The van der Waals surface area contributed by atoms with Gasteiger partial charge in [-0.1, -0.05) is 65.2 Å². The monoisotopic (exact) mass is 515 g/mol. The van der Waals surface area contributed by atoms with Gasteiger partial charge < -0.3 is 9.47 Å². The summed E-state index contributed by atoms with van der Waals surface area (Å²) in [4.78, 5) is 0. The molecule has 10 rings (SSSR count). The van der Waals surface area contributed by atoms with E-state index in [1.54, 1.807) is 0 Å². The molecule has 1 unspecified atom stereocenters. The van der Waals surface area contributed by atoms with E-state index in [1.807, 2.05) is 30.3 Å². The summed E-state index contributed by atoms with van der Waals surface area (Å²) >= 11 is 0. The molecule has 0 saturated carbocycles. The van der Waals surface area contributed by atoms with E-state index in [0.29, 0.717) is 0 Å². The van der Waals surface area contributed by atoms with Gasteiger partial charge in [0.1, 0.15) is 17.2 Å². The Morgan fingerprint density at radius 3 is 2.25 bits per heavy atom. The van der Waals surface area contributed by atoms with Crippen LogP contribution in [0.1, 0.15) is 11.1 Å². The van der Waals surface area contributed by atoms with Gasteiger partial charge in [0.25, 0.3) is 0 Å². The van der Waals surface area contributed by atoms with E-state index in [1.165, 1.54) is 27.1 Å². The Morgan fingerprint density at radius 2 is 1.35 bits per heavy atom. The molecule has 2 aromatic heterocycles. The number of hydrogen-bond acceptors (Lipinski definition) is 2.